The third-order valence-electron chi connectivity index (χ3n) is 4.33. The fourth-order valence-electron chi connectivity index (χ4n) is 2.84. The second kappa shape index (κ2) is 11.5. The second-order valence-electron chi connectivity index (χ2n) is 6.57. The topological polar surface area (TPSA) is 104 Å². The Bertz CT molecular complexity index is 1060. The molecule has 3 aromatic rings. The number of amides is 1. The summed E-state index contributed by atoms with van der Waals surface area (Å²) >= 11 is 6.99. The van der Waals surface area contributed by atoms with Crippen LogP contribution in [-0.2, 0) is 14.3 Å². The van der Waals surface area contributed by atoms with Crippen molar-refractivity contribution in [1.29, 1.82) is 0 Å². The summed E-state index contributed by atoms with van der Waals surface area (Å²) in [7, 11) is 1.55. The average molecular weight is 476 g/mol. The van der Waals surface area contributed by atoms with Crippen LogP contribution >= 0.6 is 23.4 Å². The number of aromatic nitrogens is 2. The summed E-state index contributed by atoms with van der Waals surface area (Å²) in [5.74, 6) is 0.295. The highest BCUT2D eigenvalue weighted by Gasteiger charge is 2.21. The van der Waals surface area contributed by atoms with E-state index in [0.29, 0.717) is 16.7 Å². The molecule has 32 heavy (non-hydrogen) atoms. The molecule has 168 valence electrons. The average Bonchev–Trinajstić information content (AvgIpc) is 3.27. The number of nitrogens with zero attached hydrogens (tertiary/aromatic N) is 2. The summed E-state index contributed by atoms with van der Waals surface area (Å²) in [4.78, 5) is 24.6. The minimum Gasteiger partial charge on any atom is -0.497 e. The summed E-state index contributed by atoms with van der Waals surface area (Å²) in [5.41, 5.74) is 1.46. The molecule has 0 saturated heterocycles. The second-order valence-corrected chi connectivity index (χ2v) is 7.94. The maximum atomic E-state index is 12.6. The molecule has 2 aromatic carbocycles. The zero-order valence-electron chi connectivity index (χ0n) is 17.5. The van der Waals surface area contributed by atoms with Crippen molar-refractivity contribution >= 4 is 35.2 Å². The Morgan fingerprint density at radius 2 is 1.97 bits per heavy atom. The molecular weight excluding hydrogens is 454 g/mol. The van der Waals surface area contributed by atoms with E-state index < -0.39 is 12.0 Å². The van der Waals surface area contributed by atoms with Crippen molar-refractivity contribution in [2.75, 3.05) is 19.5 Å². The molecular formula is C22H22ClN3O5S. The molecule has 3 rings (SSSR count). The van der Waals surface area contributed by atoms with Crippen LogP contribution in [0.4, 0.5) is 0 Å². The van der Waals surface area contributed by atoms with Gasteiger partial charge in [-0.2, -0.15) is 0 Å². The molecule has 0 aliphatic rings. The summed E-state index contributed by atoms with van der Waals surface area (Å²) in [6.07, 6.45) is -0.00130. The predicted octanol–water partition coefficient (Wildman–Crippen LogP) is 4.30. The third kappa shape index (κ3) is 6.73. The molecule has 0 bridgehead atoms. The normalized spacial score (nSPS) is 11.6. The van der Waals surface area contributed by atoms with Crippen molar-refractivity contribution in [3.63, 3.8) is 0 Å². The summed E-state index contributed by atoms with van der Waals surface area (Å²) in [5, 5.41) is 11.7. The van der Waals surface area contributed by atoms with Crippen LogP contribution in [0.3, 0.4) is 0 Å². The molecule has 1 amide bonds. The Balaban J connectivity index is 1.63. The fourth-order valence-corrected chi connectivity index (χ4v) is 3.54. The SMILES string of the molecule is CCOC(=O)C[C@H](NC(=O)CSc1nnc(-c2ccc(Cl)cc2)o1)c1cccc(OC)c1. The number of carbonyl (C=O) groups excluding carboxylic acids is 2. The zero-order chi connectivity index (χ0) is 22.9. The van der Waals surface area contributed by atoms with Crippen molar-refractivity contribution in [2.45, 2.75) is 24.6 Å². The number of rotatable bonds is 10. The Labute approximate surface area is 194 Å². The van der Waals surface area contributed by atoms with Crippen LogP contribution in [0.1, 0.15) is 24.9 Å². The van der Waals surface area contributed by atoms with Gasteiger partial charge < -0.3 is 19.2 Å². The molecule has 1 aromatic heterocycles. The first-order valence-electron chi connectivity index (χ1n) is 9.79. The highest BCUT2D eigenvalue weighted by atomic mass is 35.5. The summed E-state index contributed by atoms with van der Waals surface area (Å²) in [6, 6.07) is 13.6. The van der Waals surface area contributed by atoms with Crippen LogP contribution in [0.2, 0.25) is 5.02 Å². The maximum Gasteiger partial charge on any atom is 0.308 e. The lowest BCUT2D eigenvalue weighted by Gasteiger charge is -2.19. The molecule has 10 heteroatoms. The number of hydrogen-bond acceptors (Lipinski definition) is 8. The molecule has 0 fully saturated rings. The fraction of sp³-hybridized carbons (Fsp3) is 0.273. The van der Waals surface area contributed by atoms with Crippen molar-refractivity contribution < 1.29 is 23.5 Å². The highest BCUT2D eigenvalue weighted by molar-refractivity contribution is 7.99. The van der Waals surface area contributed by atoms with Gasteiger partial charge in [-0.3, -0.25) is 9.59 Å². The van der Waals surface area contributed by atoms with Gasteiger partial charge in [0.05, 0.1) is 31.9 Å². The first-order chi connectivity index (χ1) is 15.5. The minimum atomic E-state index is -0.565. The molecule has 0 spiro atoms. The first kappa shape index (κ1) is 23.6. The Morgan fingerprint density at radius 1 is 1.19 bits per heavy atom. The van der Waals surface area contributed by atoms with Crippen molar-refractivity contribution in [2.24, 2.45) is 0 Å². The third-order valence-corrected chi connectivity index (χ3v) is 5.40. The van der Waals surface area contributed by atoms with Gasteiger partial charge >= 0.3 is 5.97 Å². The monoisotopic (exact) mass is 475 g/mol. The van der Waals surface area contributed by atoms with Gasteiger partial charge in [-0.1, -0.05) is 35.5 Å². The quantitative estimate of drug-likeness (QED) is 0.342. The van der Waals surface area contributed by atoms with Gasteiger partial charge in [-0.15, -0.1) is 10.2 Å². The van der Waals surface area contributed by atoms with Gasteiger partial charge in [0, 0.05) is 10.6 Å². The molecule has 1 N–H and O–H groups in total. The van der Waals surface area contributed by atoms with Crippen LogP contribution < -0.4 is 10.1 Å². The maximum absolute atomic E-state index is 12.6. The molecule has 1 heterocycles. The standard InChI is InChI=1S/C22H22ClN3O5S/c1-3-30-20(28)12-18(15-5-4-6-17(11-15)29-2)24-19(27)13-32-22-26-25-21(31-22)14-7-9-16(23)10-8-14/h4-11,18H,3,12-13H2,1-2H3,(H,24,27)/t18-/m0/s1. The van der Waals surface area contributed by atoms with Crippen LogP contribution in [0.5, 0.6) is 5.75 Å². The van der Waals surface area contributed by atoms with E-state index >= 15 is 0 Å². The molecule has 0 saturated carbocycles. The van der Waals surface area contributed by atoms with Gasteiger partial charge in [0.2, 0.25) is 11.8 Å². The number of ether oxygens (including phenoxy) is 2. The van der Waals surface area contributed by atoms with Crippen molar-refractivity contribution in [1.82, 2.24) is 15.5 Å². The number of hydrogen-bond donors (Lipinski definition) is 1. The molecule has 8 nitrogen and oxygen atoms in total. The number of halogens is 1. The molecule has 0 aliphatic carbocycles. The zero-order valence-corrected chi connectivity index (χ0v) is 19.1. The van der Waals surface area contributed by atoms with Gasteiger partial charge in [-0.25, -0.2) is 0 Å². The van der Waals surface area contributed by atoms with E-state index in [0.717, 1.165) is 22.9 Å². The van der Waals surface area contributed by atoms with Crippen molar-refractivity contribution in [3.8, 4) is 17.2 Å². The van der Waals surface area contributed by atoms with E-state index in [1.54, 1.807) is 56.5 Å². The van der Waals surface area contributed by atoms with Crippen LogP contribution in [-0.4, -0.2) is 41.5 Å². The Hall–Kier alpha value is -3.04. The number of esters is 1. The lowest BCUT2D eigenvalue weighted by molar-refractivity contribution is -0.143. The van der Waals surface area contributed by atoms with Crippen LogP contribution in [0, 0.1) is 0 Å². The predicted molar refractivity (Wildman–Crippen MR) is 121 cm³/mol. The summed E-state index contributed by atoms with van der Waals surface area (Å²) in [6.45, 7) is 2.00. The van der Waals surface area contributed by atoms with Gasteiger partial charge in [-0.05, 0) is 48.9 Å². The van der Waals surface area contributed by atoms with Gasteiger partial charge in [0.15, 0.2) is 0 Å². The smallest absolute Gasteiger partial charge is 0.308 e. The lowest BCUT2D eigenvalue weighted by Crippen LogP contribution is -2.32. The van der Waals surface area contributed by atoms with Gasteiger partial charge in [0.1, 0.15) is 5.75 Å². The van der Waals surface area contributed by atoms with Crippen molar-refractivity contribution in [3.05, 3.63) is 59.1 Å². The molecule has 1 atom stereocenters. The minimum absolute atomic E-state index is 0.00130. The van der Waals surface area contributed by atoms with E-state index in [-0.39, 0.29) is 29.9 Å². The number of benzene rings is 2. The Morgan fingerprint density at radius 3 is 2.69 bits per heavy atom. The van der Waals surface area contributed by atoms with Gasteiger partial charge in [0.25, 0.3) is 5.22 Å². The number of methoxy groups -OCH3 is 1. The van der Waals surface area contributed by atoms with E-state index in [1.165, 1.54) is 0 Å². The number of carbonyl (C=O) groups is 2. The molecule has 0 unspecified atom stereocenters. The summed E-state index contributed by atoms with van der Waals surface area (Å²) < 4.78 is 15.9. The van der Waals surface area contributed by atoms with E-state index in [1.807, 2.05) is 6.07 Å². The lowest BCUT2D eigenvalue weighted by atomic mass is 10.0. The highest BCUT2D eigenvalue weighted by Crippen LogP contribution is 2.25. The van der Waals surface area contributed by atoms with E-state index in [4.69, 9.17) is 25.5 Å². The van der Waals surface area contributed by atoms with E-state index in [9.17, 15) is 9.59 Å². The van der Waals surface area contributed by atoms with Crippen LogP contribution in [0.15, 0.2) is 58.2 Å². The largest absolute Gasteiger partial charge is 0.497 e. The molecule has 0 aliphatic heterocycles. The molecule has 0 radical (unpaired) electrons. The number of thioether (sulfide) groups is 1. The van der Waals surface area contributed by atoms with E-state index in [2.05, 4.69) is 15.5 Å². The Kier molecular flexibility index (Phi) is 8.52. The first-order valence-corrected chi connectivity index (χ1v) is 11.2. The van der Waals surface area contributed by atoms with Crippen LogP contribution in [0.25, 0.3) is 11.5 Å². The number of nitrogens with one attached hydrogen (secondary N) is 1.